The molecule has 2 rings (SSSR count). The van der Waals surface area contributed by atoms with E-state index >= 15 is 0 Å². The number of carbonyl (C=O) groups excluding carboxylic acids is 1. The lowest BCUT2D eigenvalue weighted by atomic mass is 10.1. The summed E-state index contributed by atoms with van der Waals surface area (Å²) in [6.45, 7) is 4.41. The minimum absolute atomic E-state index is 0.0248. The number of nitrogens with one attached hydrogen (secondary N) is 1. The molecule has 5 heteroatoms. The molecule has 1 amide bonds. The second kappa shape index (κ2) is 6.13. The summed E-state index contributed by atoms with van der Waals surface area (Å²) in [6.07, 6.45) is 0.776. The molecule has 5 nitrogen and oxygen atoms in total. The standard InChI is InChI=1S/C14H17N3O2/c1-10(2)13-16-17-14(19-13)12(18)15-9-8-11-6-4-3-5-7-11/h3-7,10H,8-9H2,1-2H3,(H,15,18). The molecule has 0 atom stereocenters. The van der Waals surface area contributed by atoms with Crippen molar-refractivity contribution in [1.29, 1.82) is 0 Å². The van der Waals surface area contributed by atoms with Crippen molar-refractivity contribution in [3.8, 4) is 0 Å². The Bertz CT molecular complexity index is 535. The van der Waals surface area contributed by atoms with Crippen LogP contribution in [0.2, 0.25) is 0 Å². The van der Waals surface area contributed by atoms with E-state index in [9.17, 15) is 4.79 Å². The summed E-state index contributed by atoms with van der Waals surface area (Å²) in [5, 5.41) is 10.3. The average Bonchev–Trinajstić information content (AvgIpc) is 2.89. The molecule has 19 heavy (non-hydrogen) atoms. The number of benzene rings is 1. The van der Waals surface area contributed by atoms with E-state index in [1.54, 1.807) is 0 Å². The number of aromatic nitrogens is 2. The molecule has 0 unspecified atom stereocenters. The van der Waals surface area contributed by atoms with E-state index < -0.39 is 0 Å². The molecule has 0 spiro atoms. The maximum Gasteiger partial charge on any atom is 0.308 e. The first-order chi connectivity index (χ1) is 9.16. The minimum atomic E-state index is -0.324. The van der Waals surface area contributed by atoms with Gasteiger partial charge in [0.1, 0.15) is 0 Å². The zero-order chi connectivity index (χ0) is 13.7. The number of amides is 1. The summed E-state index contributed by atoms with van der Waals surface area (Å²) in [5.74, 6) is 0.304. The zero-order valence-corrected chi connectivity index (χ0v) is 11.1. The van der Waals surface area contributed by atoms with Crippen LogP contribution in [-0.2, 0) is 6.42 Å². The van der Waals surface area contributed by atoms with Gasteiger partial charge in [-0.05, 0) is 12.0 Å². The van der Waals surface area contributed by atoms with E-state index in [0.717, 1.165) is 6.42 Å². The lowest BCUT2D eigenvalue weighted by molar-refractivity contribution is 0.0917. The predicted molar refractivity (Wildman–Crippen MR) is 70.9 cm³/mol. The largest absolute Gasteiger partial charge is 0.417 e. The van der Waals surface area contributed by atoms with Gasteiger partial charge in [0.2, 0.25) is 5.89 Å². The molecule has 0 aliphatic carbocycles. The third kappa shape index (κ3) is 3.64. The van der Waals surface area contributed by atoms with Gasteiger partial charge < -0.3 is 9.73 Å². The van der Waals surface area contributed by atoms with Crippen molar-refractivity contribution >= 4 is 5.91 Å². The minimum Gasteiger partial charge on any atom is -0.417 e. The lowest BCUT2D eigenvalue weighted by Gasteiger charge is -2.02. The molecule has 0 saturated heterocycles. The molecule has 0 radical (unpaired) electrons. The van der Waals surface area contributed by atoms with Crippen LogP contribution in [0, 0.1) is 0 Å². The number of rotatable bonds is 5. The van der Waals surface area contributed by atoms with E-state index in [4.69, 9.17) is 4.42 Å². The van der Waals surface area contributed by atoms with Crippen LogP contribution in [0.5, 0.6) is 0 Å². The van der Waals surface area contributed by atoms with Gasteiger partial charge in [-0.2, -0.15) is 0 Å². The first kappa shape index (κ1) is 13.3. The summed E-state index contributed by atoms with van der Waals surface area (Å²) < 4.78 is 5.28. The van der Waals surface area contributed by atoms with Gasteiger partial charge in [-0.3, -0.25) is 4.79 Å². The summed E-state index contributed by atoms with van der Waals surface area (Å²) in [4.78, 5) is 11.8. The summed E-state index contributed by atoms with van der Waals surface area (Å²) in [5.41, 5.74) is 1.18. The van der Waals surface area contributed by atoms with Crippen molar-refractivity contribution in [3.63, 3.8) is 0 Å². The molecule has 1 aromatic carbocycles. The lowest BCUT2D eigenvalue weighted by Crippen LogP contribution is -2.26. The van der Waals surface area contributed by atoms with E-state index in [2.05, 4.69) is 15.5 Å². The first-order valence-electron chi connectivity index (χ1n) is 6.32. The zero-order valence-electron chi connectivity index (χ0n) is 11.1. The van der Waals surface area contributed by atoms with Crippen molar-refractivity contribution < 1.29 is 9.21 Å². The monoisotopic (exact) mass is 259 g/mol. The van der Waals surface area contributed by atoms with Gasteiger partial charge in [-0.1, -0.05) is 44.2 Å². The molecule has 0 saturated carbocycles. The molecule has 100 valence electrons. The van der Waals surface area contributed by atoms with Crippen LogP contribution in [0.15, 0.2) is 34.7 Å². The molecule has 0 bridgehead atoms. The summed E-state index contributed by atoms with van der Waals surface area (Å²) in [7, 11) is 0. The Balaban J connectivity index is 1.84. The highest BCUT2D eigenvalue weighted by Crippen LogP contribution is 2.11. The Morgan fingerprint density at radius 1 is 1.26 bits per heavy atom. The molecule has 1 N–H and O–H groups in total. The van der Waals surface area contributed by atoms with E-state index in [1.165, 1.54) is 5.56 Å². The highest BCUT2D eigenvalue weighted by atomic mass is 16.4. The van der Waals surface area contributed by atoms with Gasteiger partial charge in [0, 0.05) is 12.5 Å². The number of carbonyl (C=O) groups is 1. The Labute approximate surface area is 112 Å². The predicted octanol–water partition coefficient (Wildman–Crippen LogP) is 2.17. The molecule has 2 aromatic rings. The molecule has 0 aliphatic rings. The van der Waals surface area contributed by atoms with Gasteiger partial charge in [-0.15, -0.1) is 10.2 Å². The van der Waals surface area contributed by atoms with E-state index in [1.807, 2.05) is 44.2 Å². The van der Waals surface area contributed by atoms with Crippen LogP contribution >= 0.6 is 0 Å². The first-order valence-corrected chi connectivity index (χ1v) is 6.32. The van der Waals surface area contributed by atoms with Gasteiger partial charge in [0.25, 0.3) is 0 Å². The quantitative estimate of drug-likeness (QED) is 0.893. The Hall–Kier alpha value is -2.17. The van der Waals surface area contributed by atoms with Gasteiger partial charge >= 0.3 is 11.8 Å². The Morgan fingerprint density at radius 3 is 2.63 bits per heavy atom. The molecule has 1 aromatic heterocycles. The SMILES string of the molecule is CC(C)c1nnc(C(=O)NCCc2ccccc2)o1. The summed E-state index contributed by atoms with van der Waals surface area (Å²) >= 11 is 0. The van der Waals surface area contributed by atoms with Crippen molar-refractivity contribution in [2.75, 3.05) is 6.54 Å². The second-order valence-corrected chi connectivity index (χ2v) is 4.59. The second-order valence-electron chi connectivity index (χ2n) is 4.59. The van der Waals surface area contributed by atoms with Gasteiger partial charge in [0.15, 0.2) is 0 Å². The third-order valence-electron chi connectivity index (χ3n) is 2.67. The van der Waals surface area contributed by atoms with Crippen molar-refractivity contribution in [1.82, 2.24) is 15.5 Å². The van der Waals surface area contributed by atoms with Crippen molar-refractivity contribution in [3.05, 3.63) is 47.7 Å². The topological polar surface area (TPSA) is 68.0 Å². The number of hydrogen-bond donors (Lipinski definition) is 1. The van der Waals surface area contributed by atoms with Crippen LogP contribution in [0.25, 0.3) is 0 Å². The maximum atomic E-state index is 11.8. The molecule has 1 heterocycles. The number of nitrogens with zero attached hydrogens (tertiary/aromatic N) is 2. The fraction of sp³-hybridized carbons (Fsp3) is 0.357. The fourth-order valence-electron chi connectivity index (χ4n) is 1.60. The van der Waals surface area contributed by atoms with Gasteiger partial charge in [0.05, 0.1) is 0 Å². The maximum absolute atomic E-state index is 11.8. The molecule has 0 aliphatic heterocycles. The van der Waals surface area contributed by atoms with E-state index in [0.29, 0.717) is 12.4 Å². The normalized spacial score (nSPS) is 10.7. The fourth-order valence-corrected chi connectivity index (χ4v) is 1.60. The Morgan fingerprint density at radius 2 is 2.00 bits per heavy atom. The van der Waals surface area contributed by atoms with Crippen LogP contribution in [0.1, 0.15) is 41.9 Å². The highest BCUT2D eigenvalue weighted by molar-refractivity contribution is 5.89. The molecule has 0 fully saturated rings. The van der Waals surface area contributed by atoms with E-state index in [-0.39, 0.29) is 17.7 Å². The van der Waals surface area contributed by atoms with Crippen LogP contribution in [0.4, 0.5) is 0 Å². The van der Waals surface area contributed by atoms with Crippen molar-refractivity contribution in [2.24, 2.45) is 0 Å². The van der Waals surface area contributed by atoms with Crippen LogP contribution in [-0.4, -0.2) is 22.6 Å². The molecular weight excluding hydrogens is 242 g/mol. The van der Waals surface area contributed by atoms with Gasteiger partial charge in [-0.25, -0.2) is 0 Å². The Kier molecular flexibility index (Phi) is 4.28. The number of hydrogen-bond acceptors (Lipinski definition) is 4. The summed E-state index contributed by atoms with van der Waals surface area (Å²) in [6, 6.07) is 9.97. The smallest absolute Gasteiger partial charge is 0.308 e. The van der Waals surface area contributed by atoms with Crippen molar-refractivity contribution in [2.45, 2.75) is 26.2 Å². The van der Waals surface area contributed by atoms with Crippen LogP contribution in [0.3, 0.4) is 0 Å². The van der Waals surface area contributed by atoms with Crippen LogP contribution < -0.4 is 5.32 Å². The molecular formula is C14H17N3O2. The average molecular weight is 259 g/mol. The highest BCUT2D eigenvalue weighted by Gasteiger charge is 2.15. The third-order valence-corrected chi connectivity index (χ3v) is 2.67.